The SMILES string of the molecule is CC.CC.CC=O.CCCC.CCCC[C@H](CC(=O)[C@H]1CC2C(=O)[C@@H](NNC3(CCCC(C)(C)C)CCCCC3)C(CC(C)CC)CC2[C@H](C(C)CC)C1)C(=O)C(N)=O. The molecular weight excluding hydrogens is 735 g/mol. The van der Waals surface area contributed by atoms with Crippen molar-refractivity contribution in [2.45, 2.75) is 244 Å². The van der Waals surface area contributed by atoms with Crippen LogP contribution in [0.1, 0.15) is 232 Å². The number of primary amides is 1. The number of hydrazine groups is 1. The van der Waals surface area contributed by atoms with Gasteiger partial charge < -0.3 is 10.5 Å². The molecule has 1 amide bonds. The van der Waals surface area contributed by atoms with E-state index in [4.69, 9.17) is 10.5 Å². The number of fused-ring (bicyclic) bond motifs is 1. The molecule has 0 aliphatic heterocycles. The Labute approximate surface area is 365 Å². The fourth-order valence-corrected chi connectivity index (χ4v) is 9.56. The van der Waals surface area contributed by atoms with E-state index in [1.165, 1.54) is 51.9 Å². The molecule has 4 N–H and O–H groups in total. The first-order valence-corrected chi connectivity index (χ1v) is 24.8. The van der Waals surface area contributed by atoms with Crippen molar-refractivity contribution in [3.8, 4) is 0 Å². The number of unbranched alkanes of at least 4 members (excludes halogenated alkanes) is 2. The first-order chi connectivity index (χ1) is 28.0. The lowest BCUT2D eigenvalue weighted by molar-refractivity contribution is -0.143. The lowest BCUT2D eigenvalue weighted by Gasteiger charge is -2.51. The summed E-state index contributed by atoms with van der Waals surface area (Å²) in [6.45, 7) is 31.9. The second-order valence-electron chi connectivity index (χ2n) is 19.1. The fourth-order valence-electron chi connectivity index (χ4n) is 9.56. The lowest BCUT2D eigenvalue weighted by Crippen LogP contribution is -2.63. The highest BCUT2D eigenvalue weighted by Crippen LogP contribution is 2.51. The van der Waals surface area contributed by atoms with E-state index in [9.17, 15) is 19.2 Å². The first-order valence-electron chi connectivity index (χ1n) is 24.8. The van der Waals surface area contributed by atoms with Crippen molar-refractivity contribution >= 4 is 29.5 Å². The van der Waals surface area contributed by atoms with E-state index in [1.54, 1.807) is 0 Å². The minimum atomic E-state index is -0.949. The molecule has 0 aromatic heterocycles. The van der Waals surface area contributed by atoms with Crippen LogP contribution in [0.25, 0.3) is 0 Å². The van der Waals surface area contributed by atoms with Crippen LogP contribution in [0.2, 0.25) is 0 Å². The van der Waals surface area contributed by atoms with E-state index in [1.807, 2.05) is 34.6 Å². The zero-order valence-corrected chi connectivity index (χ0v) is 41.5. The molecule has 0 aromatic carbocycles. The minimum absolute atomic E-state index is 0.0202. The van der Waals surface area contributed by atoms with Gasteiger partial charge in [-0.3, -0.25) is 24.6 Å². The van der Waals surface area contributed by atoms with Crippen LogP contribution < -0.4 is 16.6 Å². The van der Waals surface area contributed by atoms with E-state index in [-0.39, 0.29) is 53.2 Å². The van der Waals surface area contributed by atoms with Gasteiger partial charge in [0, 0.05) is 29.7 Å². The molecule has 0 heterocycles. The van der Waals surface area contributed by atoms with Crippen molar-refractivity contribution in [2.24, 2.45) is 58.5 Å². The molecule has 3 aliphatic carbocycles. The maximum absolute atomic E-state index is 14.8. The van der Waals surface area contributed by atoms with Crippen LogP contribution in [-0.4, -0.2) is 41.1 Å². The fraction of sp³-hybridized carbons (Fsp3) is 0.902. The monoisotopic (exact) mass is 834 g/mol. The number of Topliss-reactive ketones (excluding diaryl/α,β-unsaturated/α-hetero) is 3. The van der Waals surface area contributed by atoms with Gasteiger partial charge in [-0.05, 0) is 99.7 Å². The van der Waals surface area contributed by atoms with Crippen LogP contribution >= 0.6 is 0 Å². The van der Waals surface area contributed by atoms with Crippen LogP contribution in [0.5, 0.6) is 0 Å². The number of nitrogens with two attached hydrogens (primary N) is 1. The molecule has 348 valence electrons. The van der Waals surface area contributed by atoms with Crippen molar-refractivity contribution in [2.75, 3.05) is 0 Å². The van der Waals surface area contributed by atoms with Gasteiger partial charge >= 0.3 is 0 Å². The minimum Gasteiger partial charge on any atom is -0.363 e. The highest BCUT2D eigenvalue weighted by atomic mass is 16.2. The predicted molar refractivity (Wildman–Crippen MR) is 251 cm³/mol. The smallest absolute Gasteiger partial charge is 0.285 e. The Bertz CT molecular complexity index is 1140. The summed E-state index contributed by atoms with van der Waals surface area (Å²) in [5.41, 5.74) is 13.3. The Hall–Kier alpha value is -1.93. The molecule has 9 atom stereocenters. The molecule has 0 spiro atoms. The third-order valence-electron chi connectivity index (χ3n) is 13.5. The summed E-state index contributed by atoms with van der Waals surface area (Å²) in [5, 5.41) is 0. The number of hydrogen-bond acceptors (Lipinski definition) is 7. The van der Waals surface area contributed by atoms with Gasteiger partial charge in [-0.2, -0.15) is 0 Å². The van der Waals surface area contributed by atoms with Gasteiger partial charge in [-0.1, -0.05) is 161 Å². The van der Waals surface area contributed by atoms with Gasteiger partial charge in [0.15, 0.2) is 5.78 Å². The Kier molecular flexibility index (Phi) is 32.8. The Morgan fingerprint density at radius 1 is 0.864 bits per heavy atom. The van der Waals surface area contributed by atoms with Gasteiger partial charge in [0.05, 0.1) is 6.04 Å². The van der Waals surface area contributed by atoms with Gasteiger partial charge in [-0.25, -0.2) is 5.43 Å². The largest absolute Gasteiger partial charge is 0.363 e. The molecule has 3 fully saturated rings. The average molecular weight is 834 g/mol. The lowest BCUT2D eigenvalue weighted by atomic mass is 9.55. The number of aldehydes is 1. The summed E-state index contributed by atoms with van der Waals surface area (Å²) in [7, 11) is 0. The number of nitrogens with one attached hydrogen (secondary N) is 2. The Balaban J connectivity index is 0. The third kappa shape index (κ3) is 21.6. The van der Waals surface area contributed by atoms with Crippen LogP contribution in [0.3, 0.4) is 0 Å². The van der Waals surface area contributed by atoms with Crippen molar-refractivity contribution < 1.29 is 24.0 Å². The van der Waals surface area contributed by atoms with Crippen molar-refractivity contribution in [1.29, 1.82) is 0 Å². The van der Waals surface area contributed by atoms with E-state index in [0.29, 0.717) is 36.0 Å². The zero-order chi connectivity index (χ0) is 45.8. The van der Waals surface area contributed by atoms with E-state index >= 15 is 0 Å². The second kappa shape index (κ2) is 32.7. The molecule has 0 bridgehead atoms. The summed E-state index contributed by atoms with van der Waals surface area (Å²) in [6, 6.07) is -0.262. The van der Waals surface area contributed by atoms with Crippen molar-refractivity contribution in [3.63, 3.8) is 0 Å². The summed E-state index contributed by atoms with van der Waals surface area (Å²) in [4.78, 5) is 62.1. The molecule has 59 heavy (non-hydrogen) atoms. The van der Waals surface area contributed by atoms with Gasteiger partial charge in [0.1, 0.15) is 12.1 Å². The van der Waals surface area contributed by atoms with Gasteiger partial charge in [0.2, 0.25) is 5.78 Å². The molecule has 5 unspecified atom stereocenters. The van der Waals surface area contributed by atoms with Crippen molar-refractivity contribution in [1.82, 2.24) is 10.9 Å². The summed E-state index contributed by atoms with van der Waals surface area (Å²) in [5.74, 6) is -0.540. The van der Waals surface area contributed by atoms with Gasteiger partial charge in [-0.15, -0.1) is 0 Å². The second-order valence-corrected chi connectivity index (χ2v) is 19.1. The summed E-state index contributed by atoms with van der Waals surface area (Å²) >= 11 is 0. The third-order valence-corrected chi connectivity index (χ3v) is 13.5. The molecule has 0 saturated heterocycles. The average Bonchev–Trinajstić information content (AvgIpc) is 3.22. The number of hydrogen-bond donors (Lipinski definition) is 3. The highest BCUT2D eigenvalue weighted by molar-refractivity contribution is 6.36. The van der Waals surface area contributed by atoms with Gasteiger partial charge in [0.25, 0.3) is 5.91 Å². The molecule has 3 aliphatic rings. The van der Waals surface area contributed by atoms with Crippen LogP contribution in [0.15, 0.2) is 0 Å². The molecule has 3 saturated carbocycles. The molecule has 3 rings (SSSR count). The van der Waals surface area contributed by atoms with Crippen LogP contribution in [0, 0.1) is 52.8 Å². The Morgan fingerprint density at radius 2 is 1.44 bits per heavy atom. The maximum Gasteiger partial charge on any atom is 0.285 e. The molecule has 0 aromatic rings. The Morgan fingerprint density at radius 3 is 1.92 bits per heavy atom. The molecular formula is C51H99N3O5. The van der Waals surface area contributed by atoms with Crippen LogP contribution in [-0.2, 0) is 24.0 Å². The number of amides is 1. The van der Waals surface area contributed by atoms with E-state index in [0.717, 1.165) is 70.5 Å². The maximum atomic E-state index is 14.8. The zero-order valence-electron chi connectivity index (χ0n) is 41.5. The quantitative estimate of drug-likeness (QED) is 0.0631. The normalized spacial score (nSPS) is 24.9. The number of carbonyl (C=O) groups is 5. The standard InChI is InChI=1S/C41H73N3O4.C4H10.C2H4O.2C2H6/c1-9-12-17-29(37(46)39(42)48)26-35(45)30-23-32(28(5)11-3)33-25-31(22-27(4)10-2)36(38(47)34(33)24-30)43-44-41(19-14-13-15-20-41)21-16-18-40(6,7)8;1-3-4-2;1-2-3;2*1-2/h27-34,36,43-44H,9-26H2,1-8H3,(H2,42,48);3-4H2,1-2H3;2H,1H3;2*1-2H3/t27?,28?,29-,30-,31?,32+,33?,34?,36+;;;;/m1..../s1. The number of carbonyl (C=O) groups excluding carboxylic acids is 5. The topological polar surface area (TPSA) is 135 Å². The van der Waals surface area contributed by atoms with E-state index in [2.05, 4.69) is 73.2 Å². The number of ketones is 3. The predicted octanol–water partition coefficient (Wildman–Crippen LogP) is 12.6. The van der Waals surface area contributed by atoms with Crippen molar-refractivity contribution in [3.05, 3.63) is 0 Å². The molecule has 0 radical (unpaired) electrons. The van der Waals surface area contributed by atoms with Crippen LogP contribution in [0.4, 0.5) is 0 Å². The summed E-state index contributed by atoms with van der Waals surface area (Å²) in [6.07, 6.45) is 20.6. The molecule has 8 heteroatoms. The highest BCUT2D eigenvalue weighted by Gasteiger charge is 2.52. The summed E-state index contributed by atoms with van der Waals surface area (Å²) < 4.78 is 0. The molecule has 8 nitrogen and oxygen atoms in total. The first kappa shape index (κ1) is 59.2. The number of rotatable bonds is 20. The van der Waals surface area contributed by atoms with E-state index < -0.39 is 17.6 Å².